The number of aliphatic hydroxyl groups excluding tert-OH is 19. The van der Waals surface area contributed by atoms with Crippen LogP contribution in [0, 0.1) is 17.8 Å². The third-order valence-electron chi connectivity index (χ3n) is 15.0. The Balaban J connectivity index is 1.08. The van der Waals surface area contributed by atoms with Crippen LogP contribution in [0.2, 0.25) is 0 Å². The lowest BCUT2D eigenvalue weighted by Gasteiger charge is -2.47. The van der Waals surface area contributed by atoms with E-state index in [0.717, 1.165) is 0 Å². The Morgan fingerprint density at radius 2 is 0.579 bits per heavy atom. The average Bonchev–Trinajstić information content (AvgIpc) is 3.52. The molecule has 0 aliphatic carbocycles. The Labute approximate surface area is 431 Å². The van der Waals surface area contributed by atoms with Gasteiger partial charge in [-0.1, -0.05) is 0 Å². The van der Waals surface area contributed by atoms with Gasteiger partial charge in [-0.15, -0.1) is 0 Å². The molecule has 0 aromatic heterocycles. The van der Waals surface area contributed by atoms with E-state index in [1.165, 1.54) is 0 Å². The molecule has 0 spiro atoms. The van der Waals surface area contributed by atoms with E-state index in [0.29, 0.717) is 0 Å². The molecule has 33 heteroatoms. The molecule has 33 nitrogen and oxygen atoms in total. The molecule has 76 heavy (non-hydrogen) atoms. The lowest BCUT2D eigenvalue weighted by Crippen LogP contribution is -2.66. The largest absolute Gasteiger partial charge is 0.396 e. The van der Waals surface area contributed by atoms with Crippen LogP contribution in [0.1, 0.15) is 6.42 Å². The smallest absolute Gasteiger partial charge is 0.189 e. The fourth-order valence-electron chi connectivity index (χ4n) is 10.5. The number of hydrogen-bond donors (Lipinski definition) is 19. The molecule has 0 radical (unpaired) electrons. The zero-order valence-corrected chi connectivity index (χ0v) is 40.3. The molecule has 14 bridgehead atoms. The van der Waals surface area contributed by atoms with Gasteiger partial charge >= 0.3 is 0 Å². The molecule has 11 rings (SSSR count). The van der Waals surface area contributed by atoms with Crippen LogP contribution < -0.4 is 0 Å². The highest BCUT2D eigenvalue weighted by molar-refractivity contribution is 4.99. The molecule has 33 atom stereocenters. The van der Waals surface area contributed by atoms with Crippen LogP contribution in [0.25, 0.3) is 0 Å². The van der Waals surface area contributed by atoms with E-state index in [1.807, 2.05) is 0 Å². The minimum absolute atomic E-state index is 0.489. The van der Waals surface area contributed by atoms with Crippen molar-refractivity contribution in [3.63, 3.8) is 0 Å². The Hall–Kier alpha value is -1.32. The molecule has 0 aromatic carbocycles. The minimum atomic E-state index is -2.22. The van der Waals surface area contributed by atoms with Gasteiger partial charge in [-0.3, -0.25) is 0 Å². The molecule has 11 fully saturated rings. The van der Waals surface area contributed by atoms with E-state index < -0.39 is 268 Å². The van der Waals surface area contributed by atoms with Crippen LogP contribution in [0.15, 0.2) is 0 Å². The van der Waals surface area contributed by atoms with Crippen LogP contribution in [0.4, 0.5) is 0 Å². The zero-order valence-electron chi connectivity index (χ0n) is 40.3. The van der Waals surface area contributed by atoms with Crippen LogP contribution in [0.5, 0.6) is 0 Å². The molecule has 11 saturated heterocycles. The lowest BCUT2D eigenvalue weighted by molar-refractivity contribution is -0.400. The Morgan fingerprint density at radius 3 is 1.03 bits per heavy atom. The summed E-state index contributed by atoms with van der Waals surface area (Å²) in [5.74, 6) is -3.78. The first-order valence-corrected chi connectivity index (χ1v) is 24.8. The zero-order chi connectivity index (χ0) is 55.0. The van der Waals surface area contributed by atoms with Crippen LogP contribution >= 0.6 is 0 Å². The Kier molecular flexibility index (Phi) is 21.0. The van der Waals surface area contributed by atoms with Crippen molar-refractivity contribution in [3.05, 3.63) is 0 Å². The maximum Gasteiger partial charge on any atom is 0.189 e. The van der Waals surface area contributed by atoms with E-state index in [9.17, 15) is 97.0 Å². The number of ether oxygens (including phenoxy) is 14. The van der Waals surface area contributed by atoms with Gasteiger partial charge < -0.3 is 163 Å². The molecule has 0 saturated carbocycles. The minimum Gasteiger partial charge on any atom is -0.396 e. The van der Waals surface area contributed by atoms with Crippen molar-refractivity contribution in [1.82, 2.24) is 0 Å². The van der Waals surface area contributed by atoms with Crippen LogP contribution in [-0.2, 0) is 66.3 Å². The second kappa shape index (κ2) is 26.3. The predicted molar refractivity (Wildman–Crippen MR) is 230 cm³/mol. The predicted octanol–water partition coefficient (Wildman–Crippen LogP) is -12.9. The van der Waals surface area contributed by atoms with Gasteiger partial charge in [0.15, 0.2) is 50.3 Å². The molecule has 11 aliphatic heterocycles. The van der Waals surface area contributed by atoms with Crippen molar-refractivity contribution in [1.29, 1.82) is 0 Å². The molecule has 11 aliphatic rings. The second-order valence-corrected chi connectivity index (χ2v) is 20.0. The lowest BCUT2D eigenvalue weighted by atomic mass is 9.94. The average molecular weight is 1120 g/mol. The van der Waals surface area contributed by atoms with Gasteiger partial charge in [-0.25, -0.2) is 0 Å². The standard InChI is InChI=1S/C43H72O33/c44-2-11-9-65-40-26(58)20(52)30(11)70-39-25(57)21(53)31(13(4-46)10-64-39)71-41-27(59)22(54)33(17(6-48)68-41)74-42-28(60)23(55)35(36(62)76-42)75-37-14(50)1-15(16(5-47)67-37)66-38-24(56)19(51)32(12(3-45)8-63-38)72-43-29(61)34(73-40)18(7-49)69-43/h11-62H,1-10H2/t11?,12?,13?,14?,15-,16?,17?,18?,19+,20?,21+,22?,23?,24?,25?,26?,27?,28?,29?,30+,31+,32+,33+,34+,35-,36?,37-,38-,39+,40+,41+,42+,43+/m0/s1. The SMILES string of the molecule is OCC1CO[C@@H]2O[C@@H]3C(CO)O[C@H](O[C@@H]4C(CO)CO[C@@H](O[C@H]5CC(O)[C@@H](OC5CO)O[C@@H]5C(O)O[C@@H](O[C@@H]6C(CO)O[C@H](O[C@@H]7C(CO)CO[C@H](O[C@H]1C(O)C2O)C(O)[C@H]7O)C(O)C6O)C(O)C5O)C(O)[C@H]4O)C3O. The van der Waals surface area contributed by atoms with Gasteiger partial charge in [0, 0.05) is 24.2 Å². The highest BCUT2D eigenvalue weighted by Crippen LogP contribution is 2.38. The summed E-state index contributed by atoms with van der Waals surface area (Å²) in [6, 6.07) is 0. The summed E-state index contributed by atoms with van der Waals surface area (Å²) in [7, 11) is 0. The van der Waals surface area contributed by atoms with E-state index in [2.05, 4.69) is 0 Å². The number of aliphatic hydroxyl groups is 19. The van der Waals surface area contributed by atoms with E-state index in [-0.39, 0.29) is 0 Å². The maximum absolute atomic E-state index is 11.6. The molecule has 442 valence electrons. The fourth-order valence-corrected chi connectivity index (χ4v) is 10.5. The van der Waals surface area contributed by atoms with Crippen molar-refractivity contribution in [3.8, 4) is 0 Å². The molecule has 0 amide bonds. The maximum atomic E-state index is 11.6. The van der Waals surface area contributed by atoms with Gasteiger partial charge in [0.25, 0.3) is 0 Å². The fraction of sp³-hybridized carbons (Fsp3) is 1.00. The molecule has 11 heterocycles. The summed E-state index contributed by atoms with van der Waals surface area (Å²) < 4.78 is 80.4. The van der Waals surface area contributed by atoms with E-state index >= 15 is 0 Å². The van der Waals surface area contributed by atoms with Crippen LogP contribution in [0.3, 0.4) is 0 Å². The molecular weight excluding hydrogens is 1040 g/mol. The van der Waals surface area contributed by atoms with Gasteiger partial charge in [-0.2, -0.15) is 0 Å². The molecule has 19 N–H and O–H groups in total. The number of fused-ring (bicyclic) bond motifs is 3. The third-order valence-corrected chi connectivity index (χ3v) is 15.0. The Morgan fingerprint density at radius 1 is 0.263 bits per heavy atom. The summed E-state index contributed by atoms with van der Waals surface area (Å²) in [6.07, 6.45) is -57.6. The Bertz CT molecular complexity index is 1780. The molecular formula is C43H72O33. The summed E-state index contributed by atoms with van der Waals surface area (Å²) in [4.78, 5) is 0. The van der Waals surface area contributed by atoms with Gasteiger partial charge in [-0.05, 0) is 0 Å². The highest BCUT2D eigenvalue weighted by atomic mass is 16.8. The number of rotatable bonds is 6. The second-order valence-electron chi connectivity index (χ2n) is 20.0. The highest BCUT2D eigenvalue weighted by Gasteiger charge is 2.57. The van der Waals surface area contributed by atoms with Crippen molar-refractivity contribution in [2.45, 2.75) is 191 Å². The van der Waals surface area contributed by atoms with Crippen molar-refractivity contribution in [2.24, 2.45) is 17.8 Å². The monoisotopic (exact) mass is 1120 g/mol. The first kappa shape index (κ1) is 60.8. The van der Waals surface area contributed by atoms with Crippen molar-refractivity contribution >= 4 is 0 Å². The number of hydrogen-bond acceptors (Lipinski definition) is 33. The quantitative estimate of drug-likeness (QED) is 0.117. The van der Waals surface area contributed by atoms with Crippen molar-refractivity contribution in [2.75, 3.05) is 59.5 Å². The molecule has 17 unspecified atom stereocenters. The van der Waals surface area contributed by atoms with Gasteiger partial charge in [0.1, 0.15) is 110 Å². The topological polar surface area (TPSA) is 514 Å². The van der Waals surface area contributed by atoms with Crippen LogP contribution in [-0.4, -0.2) is 341 Å². The third kappa shape index (κ3) is 12.4. The summed E-state index contributed by atoms with van der Waals surface area (Å²) in [5, 5.41) is 210. The molecule has 0 aromatic rings. The first-order valence-electron chi connectivity index (χ1n) is 24.8. The van der Waals surface area contributed by atoms with Crippen molar-refractivity contribution < 1.29 is 163 Å². The van der Waals surface area contributed by atoms with Gasteiger partial charge in [0.2, 0.25) is 0 Å². The van der Waals surface area contributed by atoms with E-state index in [4.69, 9.17) is 66.3 Å². The summed E-state index contributed by atoms with van der Waals surface area (Å²) in [5.41, 5.74) is 0. The first-order chi connectivity index (χ1) is 36.3. The summed E-state index contributed by atoms with van der Waals surface area (Å²) in [6.45, 7) is -6.92. The van der Waals surface area contributed by atoms with Gasteiger partial charge in [0.05, 0.1) is 83.9 Å². The summed E-state index contributed by atoms with van der Waals surface area (Å²) >= 11 is 0. The normalized spacial score (nSPS) is 54.3. The van der Waals surface area contributed by atoms with E-state index in [1.54, 1.807) is 0 Å².